The Kier molecular flexibility index (Phi) is 6.92. The molecule has 0 aromatic heterocycles. The number of Topliss-reactive ketones (excluding diaryl/α,β-unsaturated/α-hetero) is 1. The lowest BCUT2D eigenvalue weighted by atomic mass is 9.64. The van der Waals surface area contributed by atoms with Crippen molar-refractivity contribution < 1.29 is 14.7 Å². The van der Waals surface area contributed by atoms with E-state index in [4.69, 9.17) is 63.1 Å². The van der Waals surface area contributed by atoms with Gasteiger partial charge in [-0.25, -0.2) is 4.79 Å². The van der Waals surface area contributed by atoms with E-state index in [1.807, 2.05) is 6.92 Å². The van der Waals surface area contributed by atoms with Crippen molar-refractivity contribution in [2.75, 3.05) is 0 Å². The largest absolute Gasteiger partial charge is 0.479 e. The maximum atomic E-state index is 12.3. The fraction of sp³-hybridized carbons (Fsp3) is 0.846. The van der Waals surface area contributed by atoms with E-state index in [-0.39, 0.29) is 6.42 Å². The molecule has 0 heterocycles. The number of carbonyl (C=O) groups is 2. The van der Waals surface area contributed by atoms with Gasteiger partial charge in [0.1, 0.15) is 28.2 Å². The number of ketones is 1. The van der Waals surface area contributed by atoms with Crippen molar-refractivity contribution in [1.82, 2.24) is 0 Å². The van der Waals surface area contributed by atoms with Crippen molar-refractivity contribution in [3.63, 3.8) is 0 Å². The van der Waals surface area contributed by atoms with Gasteiger partial charge in [0.25, 0.3) is 0 Å². The fourth-order valence-electron chi connectivity index (χ4n) is 2.70. The third-order valence-corrected chi connectivity index (χ3v) is 5.38. The van der Waals surface area contributed by atoms with Gasteiger partial charge in [0.2, 0.25) is 0 Å². The minimum Gasteiger partial charge on any atom is -0.479 e. The second-order valence-electron chi connectivity index (χ2n) is 7.28. The lowest BCUT2D eigenvalue weighted by Gasteiger charge is -2.60. The van der Waals surface area contributed by atoms with Crippen molar-refractivity contribution in [1.29, 1.82) is 0 Å². The summed E-state index contributed by atoms with van der Waals surface area (Å²) in [7, 11) is 0. The Labute approximate surface area is 157 Å². The zero-order valence-electron chi connectivity index (χ0n) is 15.7. The van der Waals surface area contributed by atoms with Gasteiger partial charge in [-0.1, -0.05) is 19.8 Å². The van der Waals surface area contributed by atoms with Crippen LogP contribution in [0.5, 0.6) is 0 Å². The highest BCUT2D eigenvalue weighted by molar-refractivity contribution is 5.88. The molecule has 0 amide bonds. The number of unbranched alkanes of at least 4 members (excludes halogenated alkanes) is 1. The maximum absolute atomic E-state index is 12.3. The van der Waals surface area contributed by atoms with Crippen molar-refractivity contribution in [2.45, 2.75) is 67.0 Å². The molecular weight excluding hydrogens is 358 g/mol. The average molecular weight is 393 g/mol. The van der Waals surface area contributed by atoms with Crippen LogP contribution in [0.2, 0.25) is 0 Å². The van der Waals surface area contributed by atoms with Crippen LogP contribution in [0.15, 0.2) is 0 Å². The molecule has 0 rings (SSSR count). The van der Waals surface area contributed by atoms with Crippen LogP contribution in [0, 0.1) is 0 Å². The highest BCUT2D eigenvalue weighted by Crippen LogP contribution is 2.33. The van der Waals surface area contributed by atoms with Crippen LogP contribution in [0.4, 0.5) is 0 Å². The summed E-state index contributed by atoms with van der Waals surface area (Å²) >= 11 is 0. The zero-order valence-corrected chi connectivity index (χ0v) is 15.7. The maximum Gasteiger partial charge on any atom is 0.342 e. The topological polar surface area (TPSA) is 341 Å². The minimum absolute atomic E-state index is 0.0322. The molecule has 0 spiro atoms. The lowest BCUT2D eigenvalue weighted by molar-refractivity contribution is -0.150. The van der Waals surface area contributed by atoms with Crippen LogP contribution in [0.3, 0.4) is 0 Å². The summed E-state index contributed by atoms with van der Waals surface area (Å²) < 4.78 is 0. The fourth-order valence-corrected chi connectivity index (χ4v) is 2.70. The van der Waals surface area contributed by atoms with E-state index in [2.05, 4.69) is 0 Å². The lowest BCUT2D eigenvalue weighted by Crippen LogP contribution is -3.04. The van der Waals surface area contributed by atoms with Gasteiger partial charge in [-0.05, 0) is 13.3 Å². The first-order chi connectivity index (χ1) is 11.7. The number of carbonyl (C=O) groups excluding carboxylic acids is 1. The van der Waals surface area contributed by atoms with Gasteiger partial charge >= 0.3 is 5.97 Å². The van der Waals surface area contributed by atoms with Crippen LogP contribution in [0.1, 0.15) is 33.1 Å². The minimum atomic E-state index is -2.91. The predicted octanol–water partition coefficient (Wildman–Crippen LogP) is -6.38. The van der Waals surface area contributed by atoms with Crippen LogP contribution in [0.25, 0.3) is 0 Å². The van der Waals surface area contributed by atoms with E-state index >= 15 is 0 Å². The monoisotopic (exact) mass is 393 g/mol. The second kappa shape index (κ2) is 7.26. The Morgan fingerprint density at radius 3 is 1.41 bits per heavy atom. The average Bonchev–Trinajstić information content (AvgIpc) is 2.50. The summed E-state index contributed by atoms with van der Waals surface area (Å²) in [6.45, 7) is 2.96. The SMILES string of the molecule is CCCCC(N)(C(C)=O)C(N)(N)C(N)(N)C(N)(N)C(N)(N)C(N)(N)C(=O)O. The number of nitrogens with two attached hydrogens (primary N) is 11. The van der Waals surface area contributed by atoms with Crippen molar-refractivity contribution >= 4 is 11.8 Å². The number of carboxylic acid groups (broad SMARTS) is 1. The van der Waals surface area contributed by atoms with Gasteiger partial charge in [0, 0.05) is 0 Å². The van der Waals surface area contributed by atoms with E-state index < -0.39 is 45.6 Å². The molecule has 14 heteroatoms. The van der Waals surface area contributed by atoms with Crippen LogP contribution in [-0.2, 0) is 9.59 Å². The molecule has 0 radical (unpaired) electrons. The molecule has 0 saturated heterocycles. The Morgan fingerprint density at radius 2 is 1.11 bits per heavy atom. The summed E-state index contributed by atoms with van der Waals surface area (Å²) in [6, 6.07) is 0. The highest BCUT2D eigenvalue weighted by atomic mass is 16.4. The van der Waals surface area contributed by atoms with Crippen LogP contribution >= 0.6 is 0 Å². The molecule has 1 atom stereocenters. The van der Waals surface area contributed by atoms with Crippen molar-refractivity contribution in [3.8, 4) is 0 Å². The Balaban J connectivity index is 6.57. The molecule has 0 aromatic carbocycles. The normalized spacial score (nSPS) is 16.8. The summed E-state index contributed by atoms with van der Waals surface area (Å²) in [4.78, 5) is 23.7. The third kappa shape index (κ3) is 3.45. The van der Waals surface area contributed by atoms with Crippen molar-refractivity contribution in [2.24, 2.45) is 63.1 Å². The Hall–Kier alpha value is -1.30. The van der Waals surface area contributed by atoms with Gasteiger partial charge < -0.3 is 68.2 Å². The molecule has 0 aliphatic carbocycles. The molecule has 0 bridgehead atoms. The van der Waals surface area contributed by atoms with E-state index in [0.29, 0.717) is 12.8 Å². The molecular formula is C13H35N11O3. The van der Waals surface area contributed by atoms with Gasteiger partial charge in [0.05, 0.1) is 0 Å². The first kappa shape index (κ1) is 25.7. The Morgan fingerprint density at radius 1 is 0.741 bits per heavy atom. The molecule has 0 saturated carbocycles. The molecule has 0 fully saturated rings. The quantitative estimate of drug-likeness (QED) is 0.153. The van der Waals surface area contributed by atoms with Gasteiger partial charge in [0.15, 0.2) is 11.4 Å². The van der Waals surface area contributed by atoms with Gasteiger partial charge in [-0.2, -0.15) is 0 Å². The van der Waals surface area contributed by atoms with Crippen LogP contribution in [-0.4, -0.2) is 50.7 Å². The summed E-state index contributed by atoms with van der Waals surface area (Å²) in [5, 5.41) is 9.23. The first-order valence-electron chi connectivity index (χ1n) is 8.12. The number of hydrogen-bond donors (Lipinski definition) is 12. The molecule has 0 aliphatic rings. The van der Waals surface area contributed by atoms with E-state index in [0.717, 1.165) is 6.92 Å². The summed E-state index contributed by atoms with van der Waals surface area (Å²) in [5.41, 5.74) is 49.0. The van der Waals surface area contributed by atoms with E-state index in [9.17, 15) is 14.7 Å². The number of carboxylic acids is 1. The zero-order chi connectivity index (χ0) is 22.3. The van der Waals surface area contributed by atoms with Crippen LogP contribution < -0.4 is 63.1 Å². The number of aliphatic carboxylic acids is 1. The Bertz CT molecular complexity index is 588. The summed E-state index contributed by atoms with van der Waals surface area (Å²) in [6.07, 6.45) is 1.02. The summed E-state index contributed by atoms with van der Waals surface area (Å²) in [5.74, 6) is -2.53. The standard InChI is InChI=1S/C13H35N11O3/c1-3-4-5-8(14,6(2)25)10(17,18)12(21,22)13(23,24)11(19,20)9(15,16)7(26)27/h3-5,14-24H2,1-2H3,(H,26,27). The molecule has 0 aromatic rings. The van der Waals surface area contributed by atoms with E-state index in [1.165, 1.54) is 0 Å². The number of hydrogen-bond acceptors (Lipinski definition) is 13. The predicted molar refractivity (Wildman–Crippen MR) is 100 cm³/mol. The van der Waals surface area contributed by atoms with Gasteiger partial charge in [-0.15, -0.1) is 0 Å². The molecule has 14 nitrogen and oxygen atoms in total. The smallest absolute Gasteiger partial charge is 0.342 e. The molecule has 160 valence electrons. The molecule has 1 unspecified atom stereocenters. The third-order valence-electron chi connectivity index (χ3n) is 5.38. The van der Waals surface area contributed by atoms with E-state index in [1.54, 1.807) is 0 Å². The second-order valence-corrected chi connectivity index (χ2v) is 7.28. The molecule has 27 heavy (non-hydrogen) atoms. The highest BCUT2D eigenvalue weighted by Gasteiger charge is 2.71. The first-order valence-corrected chi connectivity index (χ1v) is 8.12. The van der Waals surface area contributed by atoms with Crippen molar-refractivity contribution in [3.05, 3.63) is 0 Å². The number of rotatable bonds is 10. The molecule has 0 aliphatic heterocycles. The van der Waals surface area contributed by atoms with Gasteiger partial charge in [-0.3, -0.25) is 4.79 Å². The molecule has 23 N–H and O–H groups in total.